The van der Waals surface area contributed by atoms with E-state index in [4.69, 9.17) is 0 Å². The van der Waals surface area contributed by atoms with Gasteiger partial charge in [0.05, 0.1) is 0 Å². The first-order chi connectivity index (χ1) is 6.31. The van der Waals surface area contributed by atoms with E-state index in [0.717, 1.165) is 23.5 Å². The average Bonchev–Trinajstić information content (AvgIpc) is 2.16. The number of hydrogen-bond acceptors (Lipinski definition) is 1. The third kappa shape index (κ3) is 1.85. The van der Waals surface area contributed by atoms with E-state index >= 15 is 0 Å². The monoisotopic (exact) mass is 194 g/mol. The lowest BCUT2D eigenvalue weighted by Crippen LogP contribution is -2.25. The first kappa shape index (κ1) is 9.39. The fourth-order valence-corrected chi connectivity index (χ4v) is 2.78. The summed E-state index contributed by atoms with van der Waals surface area (Å²) in [6, 6.07) is 0. The van der Waals surface area contributed by atoms with Crippen LogP contribution in [0.1, 0.15) is 26.2 Å². The van der Waals surface area contributed by atoms with Crippen molar-refractivity contribution in [2.24, 2.45) is 17.8 Å². The quantitative estimate of drug-likeness (QED) is 0.516. The van der Waals surface area contributed by atoms with Crippen molar-refractivity contribution in [3.05, 3.63) is 23.8 Å². The van der Waals surface area contributed by atoms with Crippen LogP contribution in [-0.2, 0) is 0 Å². The maximum Gasteiger partial charge on any atom is -0.00219 e. The van der Waals surface area contributed by atoms with Gasteiger partial charge in [0.25, 0.3) is 0 Å². The van der Waals surface area contributed by atoms with Crippen LogP contribution in [-0.4, -0.2) is 5.75 Å². The Kier molecular flexibility index (Phi) is 2.83. The van der Waals surface area contributed by atoms with E-state index in [1.165, 1.54) is 19.3 Å². The van der Waals surface area contributed by atoms with Gasteiger partial charge in [-0.15, -0.1) is 0 Å². The van der Waals surface area contributed by atoms with Crippen LogP contribution >= 0.6 is 12.6 Å². The van der Waals surface area contributed by atoms with Crippen LogP contribution < -0.4 is 0 Å². The Labute approximate surface area is 86.5 Å². The molecule has 0 aromatic rings. The number of allylic oxidation sites excluding steroid dienone is 4. The Morgan fingerprint density at radius 2 is 2.31 bits per heavy atom. The van der Waals surface area contributed by atoms with Gasteiger partial charge in [0.2, 0.25) is 0 Å². The highest BCUT2D eigenvalue weighted by Gasteiger charge is 2.29. The van der Waals surface area contributed by atoms with E-state index in [2.05, 4.69) is 37.8 Å². The molecule has 0 spiro atoms. The Balaban J connectivity index is 2.00. The SMILES string of the molecule is CC1=CC2C=CC1CC2CCCS. The second-order valence-electron chi connectivity index (χ2n) is 4.34. The van der Waals surface area contributed by atoms with Crippen LogP contribution in [0.5, 0.6) is 0 Å². The van der Waals surface area contributed by atoms with Crippen molar-refractivity contribution < 1.29 is 0 Å². The molecule has 0 aliphatic heterocycles. The van der Waals surface area contributed by atoms with Gasteiger partial charge in [0.1, 0.15) is 0 Å². The van der Waals surface area contributed by atoms with E-state index < -0.39 is 0 Å². The first-order valence-electron chi connectivity index (χ1n) is 5.28. The maximum atomic E-state index is 4.27. The molecule has 72 valence electrons. The van der Waals surface area contributed by atoms with Gasteiger partial charge in [0, 0.05) is 0 Å². The van der Waals surface area contributed by atoms with Crippen LogP contribution in [0.4, 0.5) is 0 Å². The molecule has 0 N–H and O–H groups in total. The lowest BCUT2D eigenvalue weighted by Gasteiger charge is -2.36. The van der Waals surface area contributed by atoms with Crippen LogP contribution in [0, 0.1) is 17.8 Å². The minimum absolute atomic E-state index is 0.741. The molecule has 0 aromatic carbocycles. The minimum atomic E-state index is 0.741. The van der Waals surface area contributed by atoms with Gasteiger partial charge in [-0.05, 0) is 49.7 Å². The zero-order valence-corrected chi connectivity index (χ0v) is 9.13. The van der Waals surface area contributed by atoms with Gasteiger partial charge >= 0.3 is 0 Å². The summed E-state index contributed by atoms with van der Waals surface area (Å²) in [6.45, 7) is 2.27. The van der Waals surface area contributed by atoms with Gasteiger partial charge in [-0.1, -0.05) is 23.8 Å². The Morgan fingerprint density at radius 1 is 1.46 bits per heavy atom. The molecule has 3 unspecified atom stereocenters. The van der Waals surface area contributed by atoms with Crippen LogP contribution in [0.15, 0.2) is 23.8 Å². The summed E-state index contributed by atoms with van der Waals surface area (Å²) >= 11 is 4.27. The lowest BCUT2D eigenvalue weighted by atomic mass is 9.69. The van der Waals surface area contributed by atoms with Crippen molar-refractivity contribution in [1.82, 2.24) is 0 Å². The van der Waals surface area contributed by atoms with Gasteiger partial charge < -0.3 is 0 Å². The van der Waals surface area contributed by atoms with Gasteiger partial charge in [-0.25, -0.2) is 0 Å². The van der Waals surface area contributed by atoms with E-state index in [-0.39, 0.29) is 0 Å². The molecule has 3 rings (SSSR count). The largest absolute Gasteiger partial charge is 0.179 e. The van der Waals surface area contributed by atoms with Crippen molar-refractivity contribution in [3.63, 3.8) is 0 Å². The molecule has 0 aromatic heterocycles. The van der Waals surface area contributed by atoms with Gasteiger partial charge in [-0.2, -0.15) is 12.6 Å². The third-order valence-corrected chi connectivity index (χ3v) is 3.76. The highest BCUT2D eigenvalue weighted by Crippen LogP contribution is 2.41. The zero-order chi connectivity index (χ0) is 9.26. The molecular weight excluding hydrogens is 176 g/mol. The molecule has 0 saturated heterocycles. The fraction of sp³-hybridized carbons (Fsp3) is 0.667. The Morgan fingerprint density at radius 3 is 2.85 bits per heavy atom. The summed E-state index contributed by atoms with van der Waals surface area (Å²) in [5.41, 5.74) is 1.59. The predicted molar refractivity (Wildman–Crippen MR) is 61.1 cm³/mol. The molecule has 1 heteroatoms. The summed E-state index contributed by atoms with van der Waals surface area (Å²) < 4.78 is 0. The molecule has 0 saturated carbocycles. The number of rotatable bonds is 3. The maximum absolute atomic E-state index is 4.27. The first-order valence-corrected chi connectivity index (χ1v) is 5.92. The molecule has 0 heterocycles. The molecule has 3 atom stereocenters. The van der Waals surface area contributed by atoms with E-state index in [9.17, 15) is 0 Å². The molecular formula is C12H18S. The Hall–Kier alpha value is -0.170. The third-order valence-electron chi connectivity index (χ3n) is 3.44. The highest BCUT2D eigenvalue weighted by atomic mass is 32.1. The molecule has 0 amide bonds. The summed E-state index contributed by atoms with van der Waals surface area (Å²) in [5.74, 6) is 3.45. The molecule has 0 nitrogen and oxygen atoms in total. The summed E-state index contributed by atoms with van der Waals surface area (Å²) in [5, 5.41) is 0. The summed E-state index contributed by atoms with van der Waals surface area (Å²) in [7, 11) is 0. The standard InChI is InChI=1S/C12H18S/c1-9-7-12-5-4-10(9)8-11(12)3-2-6-13/h4-5,7,10-13H,2-3,6,8H2,1H3. The highest BCUT2D eigenvalue weighted by molar-refractivity contribution is 7.80. The summed E-state index contributed by atoms with van der Waals surface area (Å²) in [4.78, 5) is 0. The normalized spacial score (nSPS) is 36.5. The van der Waals surface area contributed by atoms with Crippen molar-refractivity contribution in [1.29, 1.82) is 0 Å². The average molecular weight is 194 g/mol. The predicted octanol–water partition coefficient (Wildman–Crippen LogP) is 3.46. The Bertz CT molecular complexity index is 240. The topological polar surface area (TPSA) is 0 Å². The molecule has 0 fully saturated rings. The smallest absolute Gasteiger partial charge is 0.00219 e. The molecule has 3 aliphatic rings. The second kappa shape index (κ2) is 3.91. The number of thiol groups is 1. The van der Waals surface area contributed by atoms with Gasteiger partial charge in [0.15, 0.2) is 0 Å². The van der Waals surface area contributed by atoms with E-state index in [1.807, 2.05) is 0 Å². The van der Waals surface area contributed by atoms with Gasteiger partial charge in [-0.3, -0.25) is 0 Å². The number of fused-ring (bicyclic) bond motifs is 1. The molecule has 0 radical (unpaired) electrons. The van der Waals surface area contributed by atoms with Crippen molar-refractivity contribution in [2.45, 2.75) is 26.2 Å². The lowest BCUT2D eigenvalue weighted by molar-refractivity contribution is 0.320. The van der Waals surface area contributed by atoms with E-state index in [1.54, 1.807) is 5.57 Å². The van der Waals surface area contributed by atoms with Crippen molar-refractivity contribution in [3.8, 4) is 0 Å². The minimum Gasteiger partial charge on any atom is -0.179 e. The van der Waals surface area contributed by atoms with Crippen molar-refractivity contribution in [2.75, 3.05) is 5.75 Å². The molecule has 2 bridgehead atoms. The van der Waals surface area contributed by atoms with Crippen molar-refractivity contribution >= 4 is 12.6 Å². The van der Waals surface area contributed by atoms with Crippen LogP contribution in [0.25, 0.3) is 0 Å². The summed E-state index contributed by atoms with van der Waals surface area (Å²) in [6.07, 6.45) is 11.3. The fourth-order valence-electron chi connectivity index (χ4n) is 2.60. The number of hydrogen-bond donors (Lipinski definition) is 1. The second-order valence-corrected chi connectivity index (χ2v) is 4.79. The van der Waals surface area contributed by atoms with Crippen LogP contribution in [0.3, 0.4) is 0 Å². The van der Waals surface area contributed by atoms with E-state index in [0.29, 0.717) is 0 Å². The molecule has 3 aliphatic carbocycles. The zero-order valence-electron chi connectivity index (χ0n) is 8.24. The van der Waals surface area contributed by atoms with Crippen LogP contribution in [0.2, 0.25) is 0 Å². The molecule has 13 heavy (non-hydrogen) atoms.